The van der Waals surface area contributed by atoms with Crippen molar-refractivity contribution in [3.8, 4) is 0 Å². The maximum atomic E-state index is 12.7. The van der Waals surface area contributed by atoms with Gasteiger partial charge in [0.1, 0.15) is 5.25 Å². The van der Waals surface area contributed by atoms with Crippen LogP contribution in [-0.2, 0) is 10.0 Å². The molecule has 0 aromatic heterocycles. The van der Waals surface area contributed by atoms with E-state index in [2.05, 4.69) is 31.0 Å². The second-order valence-corrected chi connectivity index (χ2v) is 8.90. The third-order valence-corrected chi connectivity index (χ3v) is 6.25. The van der Waals surface area contributed by atoms with Crippen LogP contribution in [0.3, 0.4) is 0 Å². The van der Waals surface area contributed by atoms with Crippen molar-refractivity contribution in [2.45, 2.75) is 45.5 Å². The Morgan fingerprint density at radius 2 is 1.95 bits per heavy atom. The van der Waals surface area contributed by atoms with Crippen LogP contribution in [0.5, 0.6) is 0 Å². The van der Waals surface area contributed by atoms with Crippen LogP contribution in [0.15, 0.2) is 24.3 Å². The lowest BCUT2D eigenvalue weighted by molar-refractivity contribution is 0.215. The van der Waals surface area contributed by atoms with Gasteiger partial charge >= 0.3 is 0 Å². The molecule has 0 radical (unpaired) electrons. The van der Waals surface area contributed by atoms with Gasteiger partial charge in [0.25, 0.3) is 0 Å². The van der Waals surface area contributed by atoms with Crippen LogP contribution in [0.1, 0.15) is 34.1 Å². The van der Waals surface area contributed by atoms with Crippen LogP contribution in [-0.4, -0.2) is 56.3 Å². The highest BCUT2D eigenvalue weighted by Gasteiger charge is 2.28. The van der Waals surface area contributed by atoms with Crippen LogP contribution in [0.25, 0.3) is 0 Å². The molecule has 1 N–H and O–H groups in total. The molecular formula is C16H31N3O2S. The van der Waals surface area contributed by atoms with Gasteiger partial charge in [-0.2, -0.15) is 4.31 Å². The summed E-state index contributed by atoms with van der Waals surface area (Å²) in [5, 5.41) is 2.65. The van der Waals surface area contributed by atoms with Gasteiger partial charge in [0.05, 0.1) is 12.8 Å². The molecule has 0 bridgehead atoms. The Morgan fingerprint density at radius 1 is 1.32 bits per heavy atom. The lowest BCUT2D eigenvalue weighted by Gasteiger charge is -2.27. The first-order valence-corrected chi connectivity index (χ1v) is 9.35. The number of sulfonamides is 1. The summed E-state index contributed by atoms with van der Waals surface area (Å²) in [5.74, 6) is 0. The van der Waals surface area contributed by atoms with E-state index in [9.17, 15) is 8.42 Å². The van der Waals surface area contributed by atoms with E-state index >= 15 is 0 Å². The molecule has 1 aliphatic rings. The monoisotopic (exact) mass is 329 g/mol. The normalized spacial score (nSPS) is 23.0. The van der Waals surface area contributed by atoms with Gasteiger partial charge in [-0.3, -0.25) is 10.2 Å². The Morgan fingerprint density at radius 3 is 2.55 bits per heavy atom. The molecule has 0 aromatic carbocycles. The molecule has 2 atom stereocenters. The van der Waals surface area contributed by atoms with Crippen molar-refractivity contribution in [3.05, 3.63) is 24.3 Å². The maximum Gasteiger partial charge on any atom is 0.225 e. The topological polar surface area (TPSA) is 52.6 Å². The largest absolute Gasteiger partial charge is 0.292 e. The van der Waals surface area contributed by atoms with Crippen LogP contribution in [0.2, 0.25) is 0 Å². The van der Waals surface area contributed by atoms with Crippen LogP contribution < -0.4 is 5.32 Å². The highest BCUT2D eigenvalue weighted by atomic mass is 32.2. The van der Waals surface area contributed by atoms with Crippen molar-refractivity contribution in [1.29, 1.82) is 0 Å². The van der Waals surface area contributed by atoms with Crippen molar-refractivity contribution in [3.63, 3.8) is 0 Å². The van der Waals surface area contributed by atoms with E-state index < -0.39 is 15.3 Å². The summed E-state index contributed by atoms with van der Waals surface area (Å²) >= 11 is 0. The molecule has 0 spiro atoms. The fourth-order valence-electron chi connectivity index (χ4n) is 2.18. The van der Waals surface area contributed by atoms with E-state index in [1.54, 1.807) is 19.2 Å². The summed E-state index contributed by atoms with van der Waals surface area (Å²) in [7, 11) is 0.244. The van der Waals surface area contributed by atoms with Gasteiger partial charge in [-0.25, -0.2) is 8.42 Å². The van der Waals surface area contributed by atoms with Gasteiger partial charge in [-0.1, -0.05) is 45.1 Å². The Balaban J connectivity index is 2.73. The molecular weight excluding hydrogens is 298 g/mol. The Hall–Kier alpha value is -0.690. The number of nitrogens with zero attached hydrogens (tertiary/aromatic N) is 2. The molecule has 0 saturated carbocycles. The first kappa shape index (κ1) is 19.4. The van der Waals surface area contributed by atoms with Crippen molar-refractivity contribution in [2.24, 2.45) is 5.41 Å². The Kier molecular flexibility index (Phi) is 6.80. The molecule has 0 saturated heterocycles. The SMILES string of the molecule is CCN(C)[C@H](C)NCN(C)S(=O)(=O)[C@@H]1C=CCC(C)(C)C=C1. The fourth-order valence-corrected chi connectivity index (χ4v) is 3.44. The molecule has 6 heteroatoms. The van der Waals surface area contributed by atoms with E-state index in [4.69, 9.17) is 0 Å². The highest BCUT2D eigenvalue weighted by molar-refractivity contribution is 7.90. The molecule has 0 unspecified atom stereocenters. The molecule has 0 aliphatic heterocycles. The Bertz CT molecular complexity index is 511. The van der Waals surface area contributed by atoms with Crippen molar-refractivity contribution < 1.29 is 8.42 Å². The number of allylic oxidation sites excluding steroid dienone is 2. The lowest BCUT2D eigenvalue weighted by atomic mass is 9.90. The first-order chi connectivity index (χ1) is 10.1. The smallest absolute Gasteiger partial charge is 0.225 e. The molecule has 22 heavy (non-hydrogen) atoms. The van der Waals surface area contributed by atoms with Gasteiger partial charge in [0.2, 0.25) is 10.0 Å². The quantitative estimate of drug-likeness (QED) is 0.573. The summed E-state index contributed by atoms with van der Waals surface area (Å²) < 4.78 is 26.7. The standard InChI is InChI=1S/C16H31N3O2S/c1-7-18(5)14(2)17-13-19(6)22(20,21)15-9-8-11-16(3,4)12-10-15/h8-10,12,14-15,17H,7,11,13H2,1-6H3/t14-,15-/m1/s1. The minimum absolute atomic E-state index is 0.00986. The summed E-state index contributed by atoms with van der Waals surface area (Å²) in [4.78, 5) is 2.12. The summed E-state index contributed by atoms with van der Waals surface area (Å²) in [5.41, 5.74) is 0.00986. The van der Waals surface area contributed by atoms with E-state index in [1.165, 1.54) is 4.31 Å². The number of hydrogen-bond donors (Lipinski definition) is 1. The van der Waals surface area contributed by atoms with Crippen molar-refractivity contribution >= 4 is 10.0 Å². The molecule has 0 aromatic rings. The van der Waals surface area contributed by atoms with Crippen molar-refractivity contribution in [2.75, 3.05) is 27.3 Å². The molecule has 0 heterocycles. The second-order valence-electron chi connectivity index (χ2n) is 6.70. The van der Waals surface area contributed by atoms with Crippen LogP contribution >= 0.6 is 0 Å². The zero-order valence-electron chi connectivity index (χ0n) is 14.7. The zero-order valence-corrected chi connectivity index (χ0v) is 15.5. The van der Waals surface area contributed by atoms with Gasteiger partial charge in [0.15, 0.2) is 0 Å². The molecule has 0 amide bonds. The highest BCUT2D eigenvalue weighted by Crippen LogP contribution is 2.27. The van der Waals surface area contributed by atoms with Crippen molar-refractivity contribution in [1.82, 2.24) is 14.5 Å². The average molecular weight is 330 g/mol. The van der Waals surface area contributed by atoms with Crippen LogP contribution in [0.4, 0.5) is 0 Å². The number of rotatable bonds is 7. The van der Waals surface area contributed by atoms with Gasteiger partial charge in [0, 0.05) is 7.05 Å². The summed E-state index contributed by atoms with van der Waals surface area (Å²) in [6, 6.07) is 0. The van der Waals surface area contributed by atoms with E-state index in [-0.39, 0.29) is 11.6 Å². The van der Waals surface area contributed by atoms with E-state index in [0.29, 0.717) is 6.67 Å². The van der Waals surface area contributed by atoms with E-state index in [1.807, 2.05) is 26.1 Å². The number of hydrogen-bond acceptors (Lipinski definition) is 4. The fraction of sp³-hybridized carbons (Fsp3) is 0.750. The Labute approximate surface area is 136 Å². The summed E-state index contributed by atoms with van der Waals surface area (Å²) in [6.45, 7) is 9.52. The lowest BCUT2D eigenvalue weighted by Crippen LogP contribution is -2.48. The third-order valence-electron chi connectivity index (χ3n) is 4.25. The zero-order chi connectivity index (χ0) is 17.0. The predicted molar refractivity (Wildman–Crippen MR) is 92.9 cm³/mol. The summed E-state index contributed by atoms with van der Waals surface area (Å²) in [6.07, 6.45) is 8.55. The number of nitrogens with one attached hydrogen (secondary N) is 1. The van der Waals surface area contributed by atoms with Gasteiger partial charge < -0.3 is 0 Å². The maximum absolute atomic E-state index is 12.7. The average Bonchev–Trinajstić information content (AvgIpc) is 2.64. The molecule has 0 fully saturated rings. The second kappa shape index (κ2) is 7.73. The minimum atomic E-state index is -3.38. The van der Waals surface area contributed by atoms with Gasteiger partial charge in [-0.05, 0) is 32.4 Å². The van der Waals surface area contributed by atoms with E-state index in [0.717, 1.165) is 13.0 Å². The minimum Gasteiger partial charge on any atom is -0.292 e. The molecule has 1 rings (SSSR count). The molecule has 128 valence electrons. The first-order valence-electron chi connectivity index (χ1n) is 7.85. The predicted octanol–water partition coefficient (Wildman–Crippen LogP) is 2.00. The third kappa shape index (κ3) is 5.19. The molecule has 5 nitrogen and oxygen atoms in total. The molecule has 1 aliphatic carbocycles. The van der Waals surface area contributed by atoms with Crippen LogP contribution in [0, 0.1) is 5.41 Å². The van der Waals surface area contributed by atoms with Gasteiger partial charge in [-0.15, -0.1) is 0 Å².